The second-order valence-electron chi connectivity index (χ2n) is 7.58. The Hall–Kier alpha value is -2.24. The number of fused-ring (bicyclic) bond motifs is 1. The number of methoxy groups -OCH3 is 2. The molecular weight excluding hydrogens is 456 g/mol. The first-order chi connectivity index (χ1) is 14.9. The van der Waals surface area contributed by atoms with Crippen molar-refractivity contribution in [2.24, 2.45) is 0 Å². The van der Waals surface area contributed by atoms with Gasteiger partial charge in [-0.3, -0.25) is 4.55 Å². The van der Waals surface area contributed by atoms with Gasteiger partial charge < -0.3 is 14.8 Å². The lowest BCUT2D eigenvalue weighted by atomic mass is 10.1. The molecule has 0 atom stereocenters. The Labute approximate surface area is 193 Å². The number of rotatable bonds is 7. The number of aryl methyl sites for hydroxylation is 3. The van der Waals surface area contributed by atoms with Crippen LogP contribution in [0.2, 0.25) is 5.02 Å². The Morgan fingerprint density at radius 2 is 1.66 bits per heavy atom. The lowest BCUT2D eigenvalue weighted by molar-refractivity contribution is 0.0850. The van der Waals surface area contributed by atoms with Crippen molar-refractivity contribution in [3.8, 4) is 0 Å². The highest BCUT2D eigenvalue weighted by atomic mass is 35.5. The topological polar surface area (TPSA) is 116 Å². The van der Waals surface area contributed by atoms with E-state index < -0.39 is 10.1 Å². The van der Waals surface area contributed by atoms with Gasteiger partial charge in [-0.25, -0.2) is 4.68 Å². The summed E-state index contributed by atoms with van der Waals surface area (Å²) in [4.78, 5) is 0. The van der Waals surface area contributed by atoms with E-state index in [4.69, 9.17) is 25.6 Å². The average Bonchev–Trinajstić information content (AvgIpc) is 3.06. The summed E-state index contributed by atoms with van der Waals surface area (Å²) in [6.45, 7) is 7.11. The van der Waals surface area contributed by atoms with Crippen molar-refractivity contribution in [2.45, 2.75) is 26.8 Å². The molecule has 0 saturated heterocycles. The third-order valence-electron chi connectivity index (χ3n) is 4.48. The van der Waals surface area contributed by atoms with E-state index in [1.807, 2.05) is 31.5 Å². The lowest BCUT2D eigenvalue weighted by Gasteiger charge is -2.17. The zero-order valence-corrected chi connectivity index (χ0v) is 20.6. The number of nitrogens with one attached hydrogen (secondary N) is 1. The van der Waals surface area contributed by atoms with Crippen molar-refractivity contribution in [2.75, 3.05) is 39.0 Å². The van der Waals surface area contributed by atoms with Crippen LogP contribution >= 0.6 is 11.6 Å². The van der Waals surface area contributed by atoms with Gasteiger partial charge in [0, 0.05) is 14.2 Å². The molecule has 0 saturated carbocycles. The minimum Gasteiger partial charge on any atom is -0.382 e. The summed E-state index contributed by atoms with van der Waals surface area (Å²) < 4.78 is 38.4. The van der Waals surface area contributed by atoms with Crippen molar-refractivity contribution < 1.29 is 22.4 Å². The zero-order chi connectivity index (χ0) is 24.1. The SMILES string of the molecule is COCC(COC)n1nnc2c(Nc3c(C)cc(C)cc3Cl)cc(C)cc21.CS(=O)(=O)O. The Bertz CT molecular complexity index is 1140. The minimum absolute atomic E-state index is 0.0515. The molecule has 0 aliphatic carbocycles. The van der Waals surface area contributed by atoms with Gasteiger partial charge in [-0.15, -0.1) is 5.10 Å². The lowest BCUT2D eigenvalue weighted by Crippen LogP contribution is -2.21. The Balaban J connectivity index is 0.000000654. The predicted molar refractivity (Wildman–Crippen MR) is 127 cm³/mol. The van der Waals surface area contributed by atoms with E-state index in [1.165, 1.54) is 0 Å². The molecule has 3 aromatic rings. The highest BCUT2D eigenvalue weighted by molar-refractivity contribution is 7.85. The molecule has 3 rings (SSSR count). The summed E-state index contributed by atoms with van der Waals surface area (Å²) in [6.07, 6.45) is 0.715. The predicted octanol–water partition coefficient (Wildman–Crippen LogP) is 4.09. The summed E-state index contributed by atoms with van der Waals surface area (Å²) >= 11 is 6.48. The second kappa shape index (κ2) is 11.1. The Kier molecular flexibility index (Phi) is 8.99. The first-order valence-electron chi connectivity index (χ1n) is 9.74. The molecule has 176 valence electrons. The van der Waals surface area contributed by atoms with E-state index in [2.05, 4.69) is 33.8 Å². The van der Waals surface area contributed by atoms with Gasteiger partial charge in [-0.1, -0.05) is 22.9 Å². The van der Waals surface area contributed by atoms with Crippen molar-refractivity contribution in [3.05, 3.63) is 46.0 Å². The second-order valence-corrected chi connectivity index (χ2v) is 9.45. The molecule has 32 heavy (non-hydrogen) atoms. The molecule has 9 nitrogen and oxygen atoms in total. The van der Waals surface area contributed by atoms with Crippen LogP contribution in [0.5, 0.6) is 0 Å². The Morgan fingerprint density at radius 3 is 2.19 bits per heavy atom. The van der Waals surface area contributed by atoms with Crippen molar-refractivity contribution in [3.63, 3.8) is 0 Å². The van der Waals surface area contributed by atoms with Crippen LogP contribution in [-0.4, -0.2) is 61.7 Å². The maximum Gasteiger partial charge on any atom is 0.261 e. The Morgan fingerprint density at radius 1 is 1.09 bits per heavy atom. The molecule has 2 N–H and O–H groups in total. The zero-order valence-electron chi connectivity index (χ0n) is 19.0. The quantitative estimate of drug-likeness (QED) is 0.482. The summed E-state index contributed by atoms with van der Waals surface area (Å²) in [6, 6.07) is 8.13. The number of ether oxygens (including phenoxy) is 2. The number of anilines is 2. The molecule has 0 unspecified atom stereocenters. The minimum atomic E-state index is -3.67. The number of hydrogen-bond acceptors (Lipinski definition) is 7. The number of benzene rings is 2. The number of halogens is 1. The molecule has 0 bridgehead atoms. The fourth-order valence-corrected chi connectivity index (χ4v) is 3.70. The third-order valence-corrected chi connectivity index (χ3v) is 4.78. The third kappa shape index (κ3) is 7.14. The van der Waals surface area contributed by atoms with Crippen LogP contribution in [0.1, 0.15) is 22.7 Å². The van der Waals surface area contributed by atoms with Crippen molar-refractivity contribution in [1.29, 1.82) is 0 Å². The first-order valence-corrected chi connectivity index (χ1v) is 12.0. The van der Waals surface area contributed by atoms with E-state index in [0.717, 1.165) is 39.1 Å². The molecule has 0 fully saturated rings. The molecule has 0 radical (unpaired) electrons. The van der Waals surface area contributed by atoms with Gasteiger partial charge in [-0.2, -0.15) is 8.42 Å². The number of nitrogens with zero attached hydrogens (tertiary/aromatic N) is 3. The van der Waals surface area contributed by atoms with Crippen LogP contribution in [0.15, 0.2) is 24.3 Å². The molecule has 0 aliphatic heterocycles. The first kappa shape index (κ1) is 26.0. The van der Waals surface area contributed by atoms with E-state index in [-0.39, 0.29) is 6.04 Å². The van der Waals surface area contributed by atoms with E-state index >= 15 is 0 Å². The molecule has 0 aliphatic rings. The van der Waals surface area contributed by atoms with Crippen LogP contribution in [0.3, 0.4) is 0 Å². The molecule has 1 aromatic heterocycles. The fraction of sp³-hybridized carbons (Fsp3) is 0.429. The average molecular weight is 485 g/mol. The normalized spacial score (nSPS) is 11.5. The van der Waals surface area contributed by atoms with Crippen LogP contribution in [0.4, 0.5) is 11.4 Å². The van der Waals surface area contributed by atoms with Gasteiger partial charge in [0.2, 0.25) is 0 Å². The molecule has 0 spiro atoms. The smallest absolute Gasteiger partial charge is 0.261 e. The van der Waals surface area contributed by atoms with Gasteiger partial charge in [0.05, 0.1) is 41.4 Å². The summed E-state index contributed by atoms with van der Waals surface area (Å²) in [5, 5.41) is 12.9. The highest BCUT2D eigenvalue weighted by Gasteiger charge is 2.19. The van der Waals surface area contributed by atoms with Crippen LogP contribution in [0.25, 0.3) is 11.0 Å². The van der Waals surface area contributed by atoms with Crippen molar-refractivity contribution >= 4 is 44.1 Å². The summed E-state index contributed by atoms with van der Waals surface area (Å²) in [5.74, 6) is 0. The molecule has 1 heterocycles. The van der Waals surface area contributed by atoms with E-state index in [1.54, 1.807) is 14.2 Å². The molecule has 2 aromatic carbocycles. The number of aromatic nitrogens is 3. The maximum absolute atomic E-state index is 9.19. The van der Waals surface area contributed by atoms with Gasteiger partial charge >= 0.3 is 0 Å². The number of hydrogen-bond donors (Lipinski definition) is 2. The van der Waals surface area contributed by atoms with E-state index in [9.17, 15) is 8.42 Å². The fourth-order valence-electron chi connectivity index (χ4n) is 3.33. The molecule has 0 amide bonds. The summed E-state index contributed by atoms with van der Waals surface area (Å²) in [7, 11) is -0.329. The largest absolute Gasteiger partial charge is 0.382 e. The molecular formula is C21H29ClN4O5S. The van der Waals surface area contributed by atoms with E-state index in [0.29, 0.717) is 24.5 Å². The van der Waals surface area contributed by atoms with Crippen LogP contribution in [-0.2, 0) is 19.6 Å². The van der Waals surface area contributed by atoms with Gasteiger partial charge in [0.15, 0.2) is 0 Å². The summed E-state index contributed by atoms with van der Waals surface area (Å²) in [5.41, 5.74) is 6.78. The maximum atomic E-state index is 9.19. The highest BCUT2D eigenvalue weighted by Crippen LogP contribution is 2.33. The van der Waals surface area contributed by atoms with Crippen LogP contribution < -0.4 is 5.32 Å². The van der Waals surface area contributed by atoms with Gasteiger partial charge in [-0.05, 0) is 55.7 Å². The van der Waals surface area contributed by atoms with Gasteiger partial charge in [0.1, 0.15) is 11.6 Å². The van der Waals surface area contributed by atoms with Crippen molar-refractivity contribution in [1.82, 2.24) is 15.0 Å². The van der Waals surface area contributed by atoms with Gasteiger partial charge in [0.25, 0.3) is 10.1 Å². The molecule has 11 heteroatoms. The van der Waals surface area contributed by atoms with Crippen LogP contribution in [0, 0.1) is 20.8 Å². The monoisotopic (exact) mass is 484 g/mol. The standard InChI is InChI=1S/C20H25ClN4O2.CH4O3S/c1-12-6-14(3)19(16(21)7-12)22-17-8-13(2)9-18-20(17)23-24-25(18)15(10-26-4)11-27-5;1-5(2,3)4/h6-9,15,22H,10-11H2,1-5H3;1H3,(H,2,3,4).